The van der Waals surface area contributed by atoms with E-state index in [0.29, 0.717) is 13.1 Å². The number of aliphatic hydroxyl groups excluding tert-OH is 1. The van der Waals surface area contributed by atoms with E-state index in [1.54, 1.807) is 0 Å². The fraction of sp³-hybridized carbons (Fsp3) is 0.538. The van der Waals surface area contributed by atoms with Crippen molar-refractivity contribution in [3.05, 3.63) is 34.4 Å². The fourth-order valence-electron chi connectivity index (χ4n) is 2.50. The third-order valence-electron chi connectivity index (χ3n) is 3.44. The molecular formula is C13H16Cl2F4N2O. The Morgan fingerprint density at radius 2 is 1.73 bits per heavy atom. The van der Waals surface area contributed by atoms with Crippen molar-refractivity contribution in [2.24, 2.45) is 0 Å². The van der Waals surface area contributed by atoms with E-state index in [-0.39, 0.29) is 30.5 Å². The molecule has 2 N–H and O–H groups in total. The van der Waals surface area contributed by atoms with Crippen LogP contribution in [0.2, 0.25) is 5.02 Å². The van der Waals surface area contributed by atoms with Crippen LogP contribution in [-0.4, -0.2) is 48.7 Å². The first-order chi connectivity index (χ1) is 9.86. The van der Waals surface area contributed by atoms with Gasteiger partial charge in [0.15, 0.2) is 0 Å². The molecule has 0 aromatic heterocycles. The van der Waals surface area contributed by atoms with Crippen molar-refractivity contribution < 1.29 is 22.7 Å². The molecule has 1 heterocycles. The van der Waals surface area contributed by atoms with Crippen LogP contribution in [0, 0.1) is 11.6 Å². The van der Waals surface area contributed by atoms with E-state index < -0.39 is 35.8 Å². The summed E-state index contributed by atoms with van der Waals surface area (Å²) < 4.78 is 56.1. The zero-order valence-electron chi connectivity index (χ0n) is 11.5. The van der Waals surface area contributed by atoms with Gasteiger partial charge in [-0.1, -0.05) is 11.6 Å². The molecule has 1 aliphatic heterocycles. The molecule has 1 aromatic carbocycles. The topological polar surface area (TPSA) is 35.5 Å². The van der Waals surface area contributed by atoms with Crippen molar-refractivity contribution in [1.82, 2.24) is 10.2 Å². The second-order valence-electron chi connectivity index (χ2n) is 4.89. The lowest BCUT2D eigenvalue weighted by molar-refractivity contribution is -0.120. The van der Waals surface area contributed by atoms with Crippen LogP contribution in [0.4, 0.5) is 17.6 Å². The van der Waals surface area contributed by atoms with Crippen LogP contribution in [0.15, 0.2) is 12.1 Å². The van der Waals surface area contributed by atoms with Gasteiger partial charge in [0.1, 0.15) is 24.3 Å². The summed E-state index contributed by atoms with van der Waals surface area (Å²) in [6.45, 7) is -0.254. The summed E-state index contributed by atoms with van der Waals surface area (Å²) in [5, 5.41) is 11.7. The first-order valence-corrected chi connectivity index (χ1v) is 6.82. The van der Waals surface area contributed by atoms with Crippen LogP contribution in [-0.2, 0) is 0 Å². The molecule has 22 heavy (non-hydrogen) atoms. The predicted octanol–water partition coefficient (Wildman–Crippen LogP) is 2.61. The number of halogens is 6. The third-order valence-corrected chi connectivity index (χ3v) is 3.66. The van der Waals surface area contributed by atoms with Crippen molar-refractivity contribution in [2.75, 3.05) is 32.8 Å². The van der Waals surface area contributed by atoms with Gasteiger partial charge in [-0.25, -0.2) is 17.6 Å². The van der Waals surface area contributed by atoms with Crippen LogP contribution in [0.25, 0.3) is 0 Å². The minimum atomic E-state index is -3.67. The van der Waals surface area contributed by atoms with Gasteiger partial charge in [0.05, 0.1) is 0 Å². The molecule has 0 radical (unpaired) electrons. The first kappa shape index (κ1) is 19.4. The summed E-state index contributed by atoms with van der Waals surface area (Å²) in [5.74, 6) is -5.96. The van der Waals surface area contributed by atoms with Gasteiger partial charge >= 0.3 is 0 Å². The molecule has 2 rings (SSSR count). The quantitative estimate of drug-likeness (QED) is 0.808. The van der Waals surface area contributed by atoms with Gasteiger partial charge in [0.25, 0.3) is 5.92 Å². The van der Waals surface area contributed by atoms with Gasteiger partial charge in [-0.3, -0.25) is 4.90 Å². The second kappa shape index (κ2) is 7.79. The number of hydrogen-bond donors (Lipinski definition) is 2. The van der Waals surface area contributed by atoms with Crippen molar-refractivity contribution in [3.8, 4) is 0 Å². The Balaban J connectivity index is 0.00000242. The minimum absolute atomic E-state index is 0. The second-order valence-corrected chi connectivity index (χ2v) is 5.33. The molecule has 1 aromatic rings. The molecule has 126 valence electrons. The Kier molecular flexibility index (Phi) is 6.88. The van der Waals surface area contributed by atoms with Gasteiger partial charge < -0.3 is 10.4 Å². The SMILES string of the molecule is Cl.OCC(F)(F)[C@@H](c1c(F)cc(Cl)cc1F)N1CCNCC1. The molecule has 1 fully saturated rings. The van der Waals surface area contributed by atoms with Gasteiger partial charge in [-0.05, 0) is 12.1 Å². The molecule has 0 saturated carbocycles. The monoisotopic (exact) mass is 362 g/mol. The highest BCUT2D eigenvalue weighted by atomic mass is 35.5. The largest absolute Gasteiger partial charge is 0.390 e. The Bertz CT molecular complexity index is 490. The highest BCUT2D eigenvalue weighted by Crippen LogP contribution is 2.39. The van der Waals surface area contributed by atoms with Crippen LogP contribution in [0.5, 0.6) is 0 Å². The van der Waals surface area contributed by atoms with Crippen molar-refractivity contribution in [1.29, 1.82) is 0 Å². The van der Waals surface area contributed by atoms with E-state index in [1.165, 1.54) is 4.90 Å². The molecule has 1 aliphatic rings. The number of piperazine rings is 1. The summed E-state index contributed by atoms with van der Waals surface area (Å²) in [4.78, 5) is 1.27. The maximum atomic E-state index is 14.1. The molecule has 9 heteroatoms. The highest BCUT2D eigenvalue weighted by molar-refractivity contribution is 6.30. The normalized spacial score (nSPS) is 17.9. The van der Waals surface area contributed by atoms with Gasteiger partial charge in [-0.15, -0.1) is 12.4 Å². The Hall–Kier alpha value is -0.600. The average molecular weight is 363 g/mol. The van der Waals surface area contributed by atoms with Crippen LogP contribution >= 0.6 is 24.0 Å². The lowest BCUT2D eigenvalue weighted by atomic mass is 9.97. The van der Waals surface area contributed by atoms with Crippen molar-refractivity contribution in [3.63, 3.8) is 0 Å². The van der Waals surface area contributed by atoms with Gasteiger partial charge in [0.2, 0.25) is 0 Å². The Morgan fingerprint density at radius 3 is 2.18 bits per heavy atom. The summed E-state index contributed by atoms with van der Waals surface area (Å²) >= 11 is 5.52. The number of nitrogens with one attached hydrogen (secondary N) is 1. The number of benzene rings is 1. The molecule has 1 saturated heterocycles. The standard InChI is InChI=1S/C13H15ClF4N2O.ClH/c14-8-5-9(15)11(10(16)6-8)12(13(17,18)7-21)20-3-1-19-2-4-20;/h5-6,12,19,21H,1-4,7H2;1H/t12-;/m1./s1. The smallest absolute Gasteiger partial charge is 0.290 e. The predicted molar refractivity (Wildman–Crippen MR) is 77.8 cm³/mol. The highest BCUT2D eigenvalue weighted by Gasteiger charge is 2.46. The summed E-state index contributed by atoms with van der Waals surface area (Å²) in [6.07, 6.45) is 0. The first-order valence-electron chi connectivity index (χ1n) is 6.44. The number of aliphatic hydroxyl groups is 1. The lowest BCUT2D eigenvalue weighted by Gasteiger charge is -2.38. The number of alkyl halides is 2. The van der Waals surface area contributed by atoms with E-state index >= 15 is 0 Å². The van der Waals surface area contributed by atoms with Gasteiger partial charge in [-0.2, -0.15) is 0 Å². The summed E-state index contributed by atoms with van der Waals surface area (Å²) in [5.41, 5.74) is -0.764. The van der Waals surface area contributed by atoms with Crippen LogP contribution in [0.1, 0.15) is 11.6 Å². The van der Waals surface area contributed by atoms with Crippen LogP contribution < -0.4 is 5.32 Å². The maximum absolute atomic E-state index is 14.1. The number of rotatable bonds is 4. The molecular weight excluding hydrogens is 347 g/mol. The average Bonchev–Trinajstić information content (AvgIpc) is 2.43. The number of nitrogens with zero attached hydrogens (tertiary/aromatic N) is 1. The number of hydrogen-bond acceptors (Lipinski definition) is 3. The zero-order valence-corrected chi connectivity index (χ0v) is 13.0. The van der Waals surface area contributed by atoms with Gasteiger partial charge in [0, 0.05) is 36.8 Å². The molecule has 0 aliphatic carbocycles. The summed E-state index contributed by atoms with van der Waals surface area (Å²) in [6, 6.07) is -0.285. The molecule has 1 atom stereocenters. The zero-order chi connectivity index (χ0) is 15.6. The van der Waals surface area contributed by atoms with Crippen LogP contribution in [0.3, 0.4) is 0 Å². The summed E-state index contributed by atoms with van der Waals surface area (Å²) in [7, 11) is 0. The Labute approximate surface area is 136 Å². The molecule has 0 bridgehead atoms. The Morgan fingerprint density at radius 1 is 1.23 bits per heavy atom. The molecule has 0 amide bonds. The van der Waals surface area contributed by atoms with Crippen molar-refractivity contribution in [2.45, 2.75) is 12.0 Å². The minimum Gasteiger partial charge on any atom is -0.390 e. The lowest BCUT2D eigenvalue weighted by Crippen LogP contribution is -2.51. The molecule has 3 nitrogen and oxygen atoms in total. The van der Waals surface area contributed by atoms with E-state index in [1.807, 2.05) is 0 Å². The van der Waals surface area contributed by atoms with Crippen molar-refractivity contribution >= 4 is 24.0 Å². The maximum Gasteiger partial charge on any atom is 0.290 e. The van der Waals surface area contributed by atoms with E-state index in [4.69, 9.17) is 16.7 Å². The van der Waals surface area contributed by atoms with E-state index in [2.05, 4.69) is 5.32 Å². The molecule has 0 spiro atoms. The van der Waals surface area contributed by atoms with E-state index in [0.717, 1.165) is 12.1 Å². The molecule has 0 unspecified atom stereocenters. The third kappa shape index (κ3) is 4.02. The van der Waals surface area contributed by atoms with E-state index in [9.17, 15) is 17.6 Å². The fourth-order valence-corrected chi connectivity index (χ4v) is 2.69.